The van der Waals surface area contributed by atoms with Crippen molar-refractivity contribution in [3.05, 3.63) is 11.7 Å². The smallest absolute Gasteiger partial charge is 0.224 e. The number of carbonyl (C=O) groups is 1. The van der Waals surface area contributed by atoms with Gasteiger partial charge in [-0.2, -0.15) is 4.98 Å². The van der Waals surface area contributed by atoms with Gasteiger partial charge in [0.25, 0.3) is 0 Å². The Morgan fingerprint density at radius 3 is 2.81 bits per heavy atom. The van der Waals surface area contributed by atoms with Crippen LogP contribution in [0.4, 0.5) is 0 Å². The van der Waals surface area contributed by atoms with Gasteiger partial charge in [-0.25, -0.2) is 0 Å². The van der Waals surface area contributed by atoms with Gasteiger partial charge in [-0.1, -0.05) is 5.16 Å². The number of amides is 1. The number of nitrogens with one attached hydrogen (secondary N) is 1. The molecule has 146 valence electrons. The topological polar surface area (TPSA) is 83.7 Å². The summed E-state index contributed by atoms with van der Waals surface area (Å²) in [6, 6.07) is 0.577. The summed E-state index contributed by atoms with van der Waals surface area (Å²) in [5.41, 5.74) is 0. The number of ether oxygens (including phenoxy) is 1. The molecule has 0 saturated carbocycles. The molecule has 1 amide bonds. The maximum atomic E-state index is 12.3. The van der Waals surface area contributed by atoms with Gasteiger partial charge in [0, 0.05) is 46.3 Å². The maximum absolute atomic E-state index is 12.3. The number of hydrogen-bond acceptors (Lipinski definition) is 7. The van der Waals surface area contributed by atoms with Crippen molar-refractivity contribution in [1.82, 2.24) is 25.3 Å². The maximum Gasteiger partial charge on any atom is 0.224 e. The van der Waals surface area contributed by atoms with Crippen LogP contribution in [0.5, 0.6) is 0 Å². The van der Waals surface area contributed by atoms with Gasteiger partial charge in [-0.3, -0.25) is 14.6 Å². The summed E-state index contributed by atoms with van der Waals surface area (Å²) in [7, 11) is 1.65. The van der Waals surface area contributed by atoms with Gasteiger partial charge in [0.2, 0.25) is 11.8 Å². The van der Waals surface area contributed by atoms with E-state index in [2.05, 4.69) is 25.3 Å². The minimum atomic E-state index is 0.112. The van der Waals surface area contributed by atoms with Crippen LogP contribution in [0.15, 0.2) is 4.52 Å². The van der Waals surface area contributed by atoms with Crippen LogP contribution < -0.4 is 5.32 Å². The van der Waals surface area contributed by atoms with Crippen LogP contribution >= 0.6 is 0 Å². The van der Waals surface area contributed by atoms with E-state index >= 15 is 0 Å². The fourth-order valence-corrected chi connectivity index (χ4v) is 4.02. The molecule has 1 N–H and O–H groups in total. The molecular weight excluding hydrogens is 334 g/mol. The van der Waals surface area contributed by atoms with Crippen molar-refractivity contribution in [2.24, 2.45) is 5.92 Å². The van der Waals surface area contributed by atoms with Crippen molar-refractivity contribution in [2.45, 2.75) is 45.2 Å². The van der Waals surface area contributed by atoms with Crippen molar-refractivity contribution in [3.8, 4) is 0 Å². The summed E-state index contributed by atoms with van der Waals surface area (Å²) < 4.78 is 10.1. The van der Waals surface area contributed by atoms with Crippen LogP contribution in [-0.2, 0) is 16.1 Å². The number of piperidine rings is 2. The second-order valence-corrected chi connectivity index (χ2v) is 7.35. The lowest BCUT2D eigenvalue weighted by Crippen LogP contribution is -2.50. The van der Waals surface area contributed by atoms with Gasteiger partial charge in [0.1, 0.15) is 0 Å². The summed E-state index contributed by atoms with van der Waals surface area (Å²) >= 11 is 0. The highest BCUT2D eigenvalue weighted by atomic mass is 16.5. The average Bonchev–Trinajstić information content (AvgIpc) is 3.07. The van der Waals surface area contributed by atoms with E-state index in [1.165, 1.54) is 0 Å². The molecule has 0 aliphatic carbocycles. The molecule has 8 nitrogen and oxygen atoms in total. The first-order valence-electron chi connectivity index (χ1n) is 9.68. The van der Waals surface area contributed by atoms with Gasteiger partial charge in [-0.05, 0) is 32.2 Å². The average molecular weight is 365 g/mol. The molecule has 2 saturated heterocycles. The normalized spacial score (nSPS) is 23.2. The minimum absolute atomic E-state index is 0.112. The van der Waals surface area contributed by atoms with Crippen LogP contribution in [0.1, 0.15) is 37.4 Å². The Morgan fingerprint density at radius 2 is 2.12 bits per heavy atom. The van der Waals surface area contributed by atoms with E-state index in [0.717, 1.165) is 64.2 Å². The molecular formula is C18H31N5O3. The number of rotatable bonds is 7. The first kappa shape index (κ1) is 19.3. The summed E-state index contributed by atoms with van der Waals surface area (Å²) in [5, 5.41) is 6.98. The van der Waals surface area contributed by atoms with Gasteiger partial charge < -0.3 is 14.6 Å². The Balaban J connectivity index is 1.42. The molecule has 0 aromatic carbocycles. The minimum Gasteiger partial charge on any atom is -0.383 e. The molecule has 8 heteroatoms. The molecule has 1 aromatic heterocycles. The third-order valence-corrected chi connectivity index (χ3v) is 5.44. The molecule has 0 bridgehead atoms. The zero-order chi connectivity index (χ0) is 18.4. The molecule has 1 atom stereocenters. The van der Waals surface area contributed by atoms with E-state index in [4.69, 9.17) is 9.26 Å². The van der Waals surface area contributed by atoms with Crippen molar-refractivity contribution >= 4 is 5.91 Å². The molecule has 26 heavy (non-hydrogen) atoms. The van der Waals surface area contributed by atoms with Crippen LogP contribution in [0.3, 0.4) is 0 Å². The zero-order valence-corrected chi connectivity index (χ0v) is 15.9. The van der Waals surface area contributed by atoms with E-state index in [1.54, 1.807) is 7.11 Å². The molecule has 0 spiro atoms. The number of hydrogen-bond donors (Lipinski definition) is 1. The van der Waals surface area contributed by atoms with Crippen molar-refractivity contribution in [2.75, 3.05) is 46.4 Å². The third-order valence-electron chi connectivity index (χ3n) is 5.44. The van der Waals surface area contributed by atoms with Gasteiger partial charge in [0.05, 0.1) is 19.1 Å². The first-order valence-corrected chi connectivity index (χ1v) is 9.68. The van der Waals surface area contributed by atoms with Crippen molar-refractivity contribution < 1.29 is 14.1 Å². The standard InChI is InChI=1S/C18H31N5O3/c1-14-20-17(21-26-14)13-22-9-5-16(6-10-22)23-8-3-4-15(12-23)18(24)19-7-11-25-2/h15-16H,3-13H2,1-2H3,(H,19,24). The van der Waals surface area contributed by atoms with E-state index < -0.39 is 0 Å². The predicted octanol–water partition coefficient (Wildman–Crippen LogP) is 0.817. The van der Waals surface area contributed by atoms with Crippen LogP contribution in [0, 0.1) is 12.8 Å². The Labute approximate surface area is 155 Å². The highest BCUT2D eigenvalue weighted by Gasteiger charge is 2.31. The fraction of sp³-hybridized carbons (Fsp3) is 0.833. The number of methoxy groups -OCH3 is 1. The summed E-state index contributed by atoms with van der Waals surface area (Å²) in [6.07, 6.45) is 4.36. The van der Waals surface area contributed by atoms with E-state index in [-0.39, 0.29) is 11.8 Å². The Bertz CT molecular complexity index is 571. The lowest BCUT2D eigenvalue weighted by atomic mass is 9.93. The quantitative estimate of drug-likeness (QED) is 0.716. The van der Waals surface area contributed by atoms with E-state index in [1.807, 2.05) is 6.92 Å². The van der Waals surface area contributed by atoms with Crippen molar-refractivity contribution in [1.29, 1.82) is 0 Å². The molecule has 3 rings (SSSR count). The Hall–Kier alpha value is -1.51. The summed E-state index contributed by atoms with van der Waals surface area (Å²) in [6.45, 7) is 7.82. The van der Waals surface area contributed by atoms with Gasteiger partial charge >= 0.3 is 0 Å². The zero-order valence-electron chi connectivity index (χ0n) is 15.9. The highest BCUT2D eigenvalue weighted by Crippen LogP contribution is 2.24. The lowest BCUT2D eigenvalue weighted by molar-refractivity contribution is -0.127. The largest absolute Gasteiger partial charge is 0.383 e. The number of aromatic nitrogens is 2. The number of nitrogens with zero attached hydrogens (tertiary/aromatic N) is 4. The van der Waals surface area contributed by atoms with E-state index in [0.29, 0.717) is 25.1 Å². The number of likely N-dealkylation sites (tertiary alicyclic amines) is 2. The van der Waals surface area contributed by atoms with Gasteiger partial charge in [0.15, 0.2) is 5.82 Å². The van der Waals surface area contributed by atoms with Crippen LogP contribution in [0.2, 0.25) is 0 Å². The SMILES string of the molecule is COCCNC(=O)C1CCCN(C2CCN(Cc3noc(C)n3)CC2)C1. The number of carbonyl (C=O) groups excluding carboxylic acids is 1. The first-order chi connectivity index (χ1) is 12.7. The highest BCUT2D eigenvalue weighted by molar-refractivity contribution is 5.78. The second kappa shape index (κ2) is 9.43. The van der Waals surface area contributed by atoms with Gasteiger partial charge in [-0.15, -0.1) is 0 Å². The summed E-state index contributed by atoms with van der Waals surface area (Å²) in [4.78, 5) is 21.5. The Kier molecular flexibility index (Phi) is 6.99. The Morgan fingerprint density at radius 1 is 1.31 bits per heavy atom. The molecule has 0 radical (unpaired) electrons. The molecule has 2 aliphatic rings. The molecule has 1 aromatic rings. The summed E-state index contributed by atoms with van der Waals surface area (Å²) in [5.74, 6) is 1.68. The fourth-order valence-electron chi connectivity index (χ4n) is 4.02. The third kappa shape index (κ3) is 5.25. The molecule has 3 heterocycles. The number of aryl methyl sites for hydroxylation is 1. The second-order valence-electron chi connectivity index (χ2n) is 7.35. The van der Waals surface area contributed by atoms with Crippen LogP contribution in [0.25, 0.3) is 0 Å². The lowest BCUT2D eigenvalue weighted by Gasteiger charge is -2.41. The predicted molar refractivity (Wildman–Crippen MR) is 96.5 cm³/mol. The monoisotopic (exact) mass is 365 g/mol. The van der Waals surface area contributed by atoms with Crippen molar-refractivity contribution in [3.63, 3.8) is 0 Å². The molecule has 2 fully saturated rings. The molecule has 1 unspecified atom stereocenters. The van der Waals surface area contributed by atoms with Crippen LogP contribution in [-0.4, -0.2) is 78.3 Å². The molecule has 2 aliphatic heterocycles. The van der Waals surface area contributed by atoms with E-state index in [9.17, 15) is 4.79 Å².